The molecule has 2 N–H and O–H groups in total. The Morgan fingerprint density at radius 3 is 2.00 bits per heavy atom. The molecule has 0 aliphatic rings. The molecule has 0 heterocycles. The third kappa shape index (κ3) is 3.69. The fourth-order valence-electron chi connectivity index (χ4n) is 0.886. The summed E-state index contributed by atoms with van der Waals surface area (Å²) in [6.07, 6.45) is 0. The van der Waals surface area contributed by atoms with Crippen LogP contribution in [0.25, 0.3) is 0 Å². The van der Waals surface area contributed by atoms with Crippen molar-refractivity contribution in [2.45, 2.75) is 26.1 Å². The van der Waals surface area contributed by atoms with Crippen LogP contribution in [0.1, 0.15) is 20.8 Å². The molecular formula is C6H15NO3S. The van der Waals surface area contributed by atoms with Gasteiger partial charge in [0.2, 0.25) is 0 Å². The molecule has 0 aliphatic carbocycles. The summed E-state index contributed by atoms with van der Waals surface area (Å²) in [6.45, 7) is 5.80. The van der Waals surface area contributed by atoms with Crippen molar-refractivity contribution in [1.82, 2.24) is 5.32 Å². The minimum Gasteiger partial charge on any atom is -0.299 e. The minimum absolute atomic E-state index is 0.120. The fourth-order valence-corrected chi connectivity index (χ4v) is 1.95. The standard InChI is InChI=1S/C6H15NO3S/c1-4-7-6(5(2)3)11(8,9)10/h5-7H,4H2,1-3H3,(H,8,9,10). The summed E-state index contributed by atoms with van der Waals surface area (Å²) in [6, 6.07) is 0. The molecule has 0 aromatic rings. The van der Waals surface area contributed by atoms with E-state index in [0.717, 1.165) is 0 Å². The topological polar surface area (TPSA) is 66.4 Å². The molecule has 4 nitrogen and oxygen atoms in total. The van der Waals surface area contributed by atoms with Crippen LogP contribution in [0.4, 0.5) is 0 Å². The van der Waals surface area contributed by atoms with E-state index in [9.17, 15) is 8.42 Å². The summed E-state index contributed by atoms with van der Waals surface area (Å²) >= 11 is 0. The summed E-state index contributed by atoms with van der Waals surface area (Å²) in [7, 11) is -3.94. The highest BCUT2D eigenvalue weighted by Crippen LogP contribution is 2.06. The van der Waals surface area contributed by atoms with Crippen molar-refractivity contribution >= 4 is 10.1 Å². The lowest BCUT2D eigenvalue weighted by Crippen LogP contribution is -2.40. The first-order chi connectivity index (χ1) is 4.89. The summed E-state index contributed by atoms with van der Waals surface area (Å²) in [5.74, 6) is -0.120. The minimum atomic E-state index is -3.94. The Morgan fingerprint density at radius 1 is 1.45 bits per heavy atom. The van der Waals surface area contributed by atoms with Crippen molar-refractivity contribution in [2.75, 3.05) is 6.54 Å². The van der Waals surface area contributed by atoms with Crippen LogP contribution in [0.5, 0.6) is 0 Å². The van der Waals surface area contributed by atoms with Gasteiger partial charge in [0.1, 0.15) is 5.37 Å². The highest BCUT2D eigenvalue weighted by Gasteiger charge is 2.24. The predicted molar refractivity (Wildman–Crippen MR) is 43.9 cm³/mol. The van der Waals surface area contributed by atoms with Crippen LogP contribution >= 0.6 is 0 Å². The van der Waals surface area contributed by atoms with E-state index >= 15 is 0 Å². The third-order valence-electron chi connectivity index (χ3n) is 1.33. The van der Waals surface area contributed by atoms with Crippen molar-refractivity contribution in [2.24, 2.45) is 5.92 Å². The highest BCUT2D eigenvalue weighted by molar-refractivity contribution is 7.86. The molecule has 0 radical (unpaired) electrons. The van der Waals surface area contributed by atoms with E-state index in [1.165, 1.54) is 0 Å². The average Bonchev–Trinajstić information content (AvgIpc) is 1.79. The van der Waals surface area contributed by atoms with E-state index < -0.39 is 15.5 Å². The Labute approximate surface area is 67.7 Å². The number of hydrogen-bond donors (Lipinski definition) is 2. The molecule has 11 heavy (non-hydrogen) atoms. The lowest BCUT2D eigenvalue weighted by molar-refractivity contribution is 0.414. The van der Waals surface area contributed by atoms with E-state index in [1.807, 2.05) is 0 Å². The summed E-state index contributed by atoms with van der Waals surface area (Å²) in [5.41, 5.74) is 0. The van der Waals surface area contributed by atoms with Crippen LogP contribution in [0, 0.1) is 5.92 Å². The first-order valence-electron chi connectivity index (χ1n) is 3.59. The van der Waals surface area contributed by atoms with Gasteiger partial charge in [-0.1, -0.05) is 20.8 Å². The Morgan fingerprint density at radius 2 is 1.91 bits per heavy atom. The zero-order valence-electron chi connectivity index (χ0n) is 7.03. The van der Waals surface area contributed by atoms with Gasteiger partial charge >= 0.3 is 0 Å². The van der Waals surface area contributed by atoms with Gasteiger partial charge in [-0.05, 0) is 12.5 Å². The first kappa shape index (κ1) is 10.9. The first-order valence-corrected chi connectivity index (χ1v) is 5.09. The quantitative estimate of drug-likeness (QED) is 0.618. The van der Waals surface area contributed by atoms with Gasteiger partial charge < -0.3 is 0 Å². The molecule has 1 atom stereocenters. The summed E-state index contributed by atoms with van der Waals surface area (Å²) in [5, 5.41) is 1.84. The van der Waals surface area contributed by atoms with Crippen molar-refractivity contribution in [3.05, 3.63) is 0 Å². The predicted octanol–water partition coefficient (Wildman–Crippen LogP) is 0.466. The number of hydrogen-bond acceptors (Lipinski definition) is 3. The zero-order chi connectivity index (χ0) is 9.07. The summed E-state index contributed by atoms with van der Waals surface area (Å²) in [4.78, 5) is 0. The van der Waals surface area contributed by atoms with Gasteiger partial charge in [-0.3, -0.25) is 9.87 Å². The van der Waals surface area contributed by atoms with Crippen LogP contribution in [-0.2, 0) is 10.1 Å². The maximum Gasteiger partial charge on any atom is 0.281 e. The maximum atomic E-state index is 10.7. The SMILES string of the molecule is CCNC(C(C)C)S(=O)(=O)O. The molecule has 5 heteroatoms. The van der Waals surface area contributed by atoms with Gasteiger partial charge in [-0.15, -0.1) is 0 Å². The second-order valence-corrected chi connectivity index (χ2v) is 4.28. The molecule has 1 unspecified atom stereocenters. The molecule has 0 spiro atoms. The lowest BCUT2D eigenvalue weighted by Gasteiger charge is -2.17. The third-order valence-corrected chi connectivity index (χ3v) is 2.68. The maximum absolute atomic E-state index is 10.7. The molecule has 68 valence electrons. The Kier molecular flexibility index (Phi) is 3.99. The molecule has 0 aliphatic heterocycles. The molecule has 0 rings (SSSR count). The van der Waals surface area contributed by atoms with E-state index in [-0.39, 0.29) is 5.92 Å². The van der Waals surface area contributed by atoms with Gasteiger partial charge in [0, 0.05) is 0 Å². The van der Waals surface area contributed by atoms with Gasteiger partial charge in [0.05, 0.1) is 0 Å². The normalized spacial score (nSPS) is 15.4. The van der Waals surface area contributed by atoms with Gasteiger partial charge in [0.15, 0.2) is 0 Å². The smallest absolute Gasteiger partial charge is 0.281 e. The monoisotopic (exact) mass is 181 g/mol. The molecule has 0 amide bonds. The molecule has 0 aromatic carbocycles. The van der Waals surface area contributed by atoms with Gasteiger partial charge in [-0.25, -0.2) is 0 Å². The van der Waals surface area contributed by atoms with Gasteiger partial charge in [-0.2, -0.15) is 8.42 Å². The zero-order valence-corrected chi connectivity index (χ0v) is 7.85. The second kappa shape index (κ2) is 4.04. The van der Waals surface area contributed by atoms with E-state index in [0.29, 0.717) is 6.54 Å². The lowest BCUT2D eigenvalue weighted by atomic mass is 10.2. The van der Waals surface area contributed by atoms with E-state index in [2.05, 4.69) is 5.32 Å². The van der Waals surface area contributed by atoms with Crippen molar-refractivity contribution in [1.29, 1.82) is 0 Å². The Bertz CT molecular complexity index is 198. The molecule has 0 fully saturated rings. The summed E-state index contributed by atoms with van der Waals surface area (Å²) < 4.78 is 30.0. The highest BCUT2D eigenvalue weighted by atomic mass is 32.2. The van der Waals surface area contributed by atoms with Crippen molar-refractivity contribution in [3.8, 4) is 0 Å². The van der Waals surface area contributed by atoms with Crippen LogP contribution in [0.3, 0.4) is 0 Å². The molecule has 0 saturated heterocycles. The average molecular weight is 181 g/mol. The van der Waals surface area contributed by atoms with Crippen LogP contribution in [0.2, 0.25) is 0 Å². The molecular weight excluding hydrogens is 166 g/mol. The Balaban J connectivity index is 4.36. The van der Waals surface area contributed by atoms with Gasteiger partial charge in [0.25, 0.3) is 10.1 Å². The number of nitrogens with one attached hydrogen (secondary N) is 1. The van der Waals surface area contributed by atoms with Crippen LogP contribution in [-0.4, -0.2) is 24.9 Å². The largest absolute Gasteiger partial charge is 0.299 e. The number of rotatable bonds is 4. The Hall–Kier alpha value is -0.130. The van der Waals surface area contributed by atoms with E-state index in [4.69, 9.17) is 4.55 Å². The van der Waals surface area contributed by atoms with Crippen molar-refractivity contribution in [3.63, 3.8) is 0 Å². The van der Waals surface area contributed by atoms with Crippen LogP contribution in [0.15, 0.2) is 0 Å². The van der Waals surface area contributed by atoms with Crippen LogP contribution < -0.4 is 5.32 Å². The molecule has 0 bridgehead atoms. The second-order valence-electron chi connectivity index (χ2n) is 2.74. The molecule has 0 aromatic heterocycles. The van der Waals surface area contributed by atoms with E-state index in [1.54, 1.807) is 20.8 Å². The molecule has 0 saturated carbocycles. The van der Waals surface area contributed by atoms with Crippen molar-refractivity contribution < 1.29 is 13.0 Å². The fraction of sp³-hybridized carbons (Fsp3) is 1.00.